The summed E-state index contributed by atoms with van der Waals surface area (Å²) in [5.41, 5.74) is 0.264. The van der Waals surface area contributed by atoms with E-state index >= 15 is 0 Å². The third-order valence-electron chi connectivity index (χ3n) is 3.53. The SMILES string of the molecule is O=C(Cc1coc2ccc(Br)cc12)Nc1cc(C(F)(F)F)ccc1Cl. The van der Waals surface area contributed by atoms with Crippen molar-refractivity contribution in [3.8, 4) is 0 Å². The van der Waals surface area contributed by atoms with Gasteiger partial charge in [-0.15, -0.1) is 0 Å². The normalized spacial score (nSPS) is 11.7. The fraction of sp³-hybridized carbons (Fsp3) is 0.118. The van der Waals surface area contributed by atoms with Crippen molar-refractivity contribution >= 4 is 50.1 Å². The molecule has 0 unspecified atom stereocenters. The Balaban J connectivity index is 1.82. The van der Waals surface area contributed by atoms with Crippen LogP contribution in [-0.4, -0.2) is 5.91 Å². The maximum Gasteiger partial charge on any atom is 0.416 e. The van der Waals surface area contributed by atoms with Gasteiger partial charge in [0.05, 0.1) is 29.0 Å². The molecule has 8 heteroatoms. The number of hydrogen-bond acceptors (Lipinski definition) is 2. The topological polar surface area (TPSA) is 42.2 Å². The summed E-state index contributed by atoms with van der Waals surface area (Å²) in [7, 11) is 0. The van der Waals surface area contributed by atoms with E-state index in [-0.39, 0.29) is 17.1 Å². The minimum absolute atomic E-state index is 0.0288. The minimum atomic E-state index is -4.52. The van der Waals surface area contributed by atoms with Crippen LogP contribution in [0, 0.1) is 0 Å². The lowest BCUT2D eigenvalue weighted by atomic mass is 10.1. The van der Waals surface area contributed by atoms with Crippen LogP contribution in [0.3, 0.4) is 0 Å². The molecular formula is C17H10BrClF3NO2. The van der Waals surface area contributed by atoms with E-state index in [0.29, 0.717) is 11.1 Å². The van der Waals surface area contributed by atoms with E-state index in [1.54, 1.807) is 18.2 Å². The summed E-state index contributed by atoms with van der Waals surface area (Å²) in [5.74, 6) is -0.496. The molecule has 25 heavy (non-hydrogen) atoms. The molecule has 0 fully saturated rings. The molecule has 3 nitrogen and oxygen atoms in total. The molecule has 2 aromatic carbocycles. The van der Waals surface area contributed by atoms with Gasteiger partial charge in [-0.2, -0.15) is 13.2 Å². The molecule has 0 atom stereocenters. The predicted octanol–water partition coefficient (Wildman–Crippen LogP) is 6.05. The number of alkyl halides is 3. The average molecular weight is 433 g/mol. The van der Waals surface area contributed by atoms with Gasteiger partial charge in [0.25, 0.3) is 0 Å². The van der Waals surface area contributed by atoms with Gasteiger partial charge in [0, 0.05) is 15.4 Å². The van der Waals surface area contributed by atoms with Crippen molar-refractivity contribution in [1.82, 2.24) is 0 Å². The van der Waals surface area contributed by atoms with Gasteiger partial charge in [-0.25, -0.2) is 0 Å². The zero-order chi connectivity index (χ0) is 18.2. The van der Waals surface area contributed by atoms with Crippen molar-refractivity contribution < 1.29 is 22.4 Å². The van der Waals surface area contributed by atoms with E-state index in [2.05, 4.69) is 21.2 Å². The number of halogens is 5. The number of fused-ring (bicyclic) bond motifs is 1. The molecule has 1 aromatic heterocycles. The average Bonchev–Trinajstić information content (AvgIpc) is 2.90. The van der Waals surface area contributed by atoms with Gasteiger partial charge in [0.2, 0.25) is 5.91 Å². The minimum Gasteiger partial charge on any atom is -0.464 e. The number of benzene rings is 2. The molecule has 0 aliphatic heterocycles. The maximum absolute atomic E-state index is 12.8. The fourth-order valence-corrected chi connectivity index (χ4v) is 2.88. The number of carbonyl (C=O) groups excluding carboxylic acids is 1. The monoisotopic (exact) mass is 431 g/mol. The van der Waals surface area contributed by atoms with Crippen LogP contribution in [0.4, 0.5) is 18.9 Å². The number of rotatable bonds is 3. The highest BCUT2D eigenvalue weighted by atomic mass is 79.9. The first-order chi connectivity index (χ1) is 11.7. The molecule has 1 amide bonds. The van der Waals surface area contributed by atoms with Crippen molar-refractivity contribution in [3.05, 3.63) is 63.3 Å². The number of carbonyl (C=O) groups is 1. The Morgan fingerprint density at radius 3 is 2.68 bits per heavy atom. The molecule has 0 aliphatic carbocycles. The Morgan fingerprint density at radius 2 is 1.96 bits per heavy atom. The number of nitrogens with one attached hydrogen (secondary N) is 1. The number of furan rings is 1. The third kappa shape index (κ3) is 3.99. The second-order valence-corrected chi connectivity index (χ2v) is 6.64. The highest BCUT2D eigenvalue weighted by molar-refractivity contribution is 9.10. The zero-order valence-corrected chi connectivity index (χ0v) is 14.8. The van der Waals surface area contributed by atoms with Gasteiger partial charge in [0.15, 0.2) is 0 Å². The van der Waals surface area contributed by atoms with Crippen LogP contribution in [0.2, 0.25) is 5.02 Å². The van der Waals surface area contributed by atoms with Crippen molar-refractivity contribution in [2.45, 2.75) is 12.6 Å². The lowest BCUT2D eigenvalue weighted by molar-refractivity contribution is -0.137. The first-order valence-electron chi connectivity index (χ1n) is 7.06. The molecular weight excluding hydrogens is 423 g/mol. The Hall–Kier alpha value is -1.99. The molecule has 3 rings (SSSR count). The second kappa shape index (κ2) is 6.72. The molecule has 0 spiro atoms. The van der Waals surface area contributed by atoms with Crippen LogP contribution in [0.15, 0.2) is 51.6 Å². The van der Waals surface area contributed by atoms with Crippen molar-refractivity contribution in [2.75, 3.05) is 5.32 Å². The van der Waals surface area contributed by atoms with Crippen LogP contribution < -0.4 is 5.32 Å². The van der Waals surface area contributed by atoms with Crippen molar-refractivity contribution in [2.24, 2.45) is 0 Å². The second-order valence-electron chi connectivity index (χ2n) is 5.32. The summed E-state index contributed by atoms with van der Waals surface area (Å²) in [6.07, 6.45) is -3.13. The highest BCUT2D eigenvalue weighted by Crippen LogP contribution is 2.34. The first-order valence-corrected chi connectivity index (χ1v) is 8.23. The van der Waals surface area contributed by atoms with Gasteiger partial charge in [0.1, 0.15) is 5.58 Å². The summed E-state index contributed by atoms with van der Waals surface area (Å²) < 4.78 is 44.5. The van der Waals surface area contributed by atoms with Gasteiger partial charge >= 0.3 is 6.18 Å². The first kappa shape index (κ1) is 17.8. The largest absolute Gasteiger partial charge is 0.464 e. The van der Waals surface area contributed by atoms with Crippen LogP contribution >= 0.6 is 27.5 Å². The molecule has 130 valence electrons. The van der Waals surface area contributed by atoms with Gasteiger partial charge in [-0.3, -0.25) is 4.79 Å². The number of anilines is 1. The summed E-state index contributed by atoms with van der Waals surface area (Å²) in [4.78, 5) is 12.2. The third-order valence-corrected chi connectivity index (χ3v) is 4.36. The van der Waals surface area contributed by atoms with Crippen LogP contribution in [-0.2, 0) is 17.4 Å². The Labute approximate surface area is 153 Å². The van der Waals surface area contributed by atoms with E-state index in [1.165, 1.54) is 6.26 Å². The van der Waals surface area contributed by atoms with E-state index in [0.717, 1.165) is 28.1 Å². The van der Waals surface area contributed by atoms with E-state index < -0.39 is 17.6 Å². The Bertz CT molecular complexity index is 953. The van der Waals surface area contributed by atoms with Crippen LogP contribution in [0.5, 0.6) is 0 Å². The van der Waals surface area contributed by atoms with Gasteiger partial charge in [-0.05, 0) is 36.4 Å². The van der Waals surface area contributed by atoms with Gasteiger partial charge in [-0.1, -0.05) is 27.5 Å². The van der Waals surface area contributed by atoms with Crippen molar-refractivity contribution in [3.63, 3.8) is 0 Å². The molecule has 0 saturated carbocycles. The number of amides is 1. The van der Waals surface area contributed by atoms with E-state index in [9.17, 15) is 18.0 Å². The zero-order valence-electron chi connectivity index (χ0n) is 12.5. The lowest BCUT2D eigenvalue weighted by Crippen LogP contribution is -2.15. The molecule has 0 aliphatic rings. The van der Waals surface area contributed by atoms with Crippen LogP contribution in [0.1, 0.15) is 11.1 Å². The lowest BCUT2D eigenvalue weighted by Gasteiger charge is -2.11. The molecule has 3 aromatic rings. The summed E-state index contributed by atoms with van der Waals surface area (Å²) in [6.45, 7) is 0. The van der Waals surface area contributed by atoms with Gasteiger partial charge < -0.3 is 9.73 Å². The molecule has 1 heterocycles. The summed E-state index contributed by atoms with van der Waals surface area (Å²) in [6, 6.07) is 8.13. The fourth-order valence-electron chi connectivity index (χ4n) is 2.36. The Kier molecular flexibility index (Phi) is 4.79. The smallest absolute Gasteiger partial charge is 0.416 e. The molecule has 0 bridgehead atoms. The summed E-state index contributed by atoms with van der Waals surface area (Å²) >= 11 is 9.22. The standard InChI is InChI=1S/C17H10BrClF3NO2/c18-11-2-4-15-12(7-11)9(8-25-15)5-16(24)23-14-6-10(17(20,21)22)1-3-13(14)19/h1-4,6-8H,5H2,(H,23,24). The Morgan fingerprint density at radius 1 is 1.20 bits per heavy atom. The molecule has 1 N–H and O–H groups in total. The molecule has 0 saturated heterocycles. The predicted molar refractivity (Wildman–Crippen MR) is 92.7 cm³/mol. The van der Waals surface area contributed by atoms with E-state index in [1.807, 2.05) is 0 Å². The maximum atomic E-state index is 12.8. The van der Waals surface area contributed by atoms with Crippen LogP contribution in [0.25, 0.3) is 11.0 Å². The van der Waals surface area contributed by atoms with Crippen molar-refractivity contribution in [1.29, 1.82) is 0 Å². The van der Waals surface area contributed by atoms with E-state index in [4.69, 9.17) is 16.0 Å². The quantitative estimate of drug-likeness (QED) is 0.547. The molecule has 0 radical (unpaired) electrons. The highest BCUT2D eigenvalue weighted by Gasteiger charge is 2.31. The number of hydrogen-bond donors (Lipinski definition) is 1. The summed E-state index contributed by atoms with van der Waals surface area (Å²) in [5, 5.41) is 3.19.